The van der Waals surface area contributed by atoms with Crippen molar-refractivity contribution in [2.75, 3.05) is 4.90 Å². The van der Waals surface area contributed by atoms with Crippen LogP contribution in [-0.4, -0.2) is 22.7 Å². The van der Waals surface area contributed by atoms with E-state index < -0.39 is 17.6 Å². The number of hydrogen-bond donors (Lipinski definition) is 1. The van der Waals surface area contributed by atoms with Crippen LogP contribution in [-0.2, 0) is 4.79 Å². The lowest BCUT2D eigenvalue weighted by molar-refractivity contribution is -0.139. The topological polar surface area (TPSA) is 40.5 Å². The molecule has 22 heavy (non-hydrogen) atoms. The second kappa shape index (κ2) is 6.11. The molecule has 0 spiro atoms. The van der Waals surface area contributed by atoms with Crippen molar-refractivity contribution in [3.63, 3.8) is 0 Å². The molecule has 120 valence electrons. The van der Waals surface area contributed by atoms with E-state index in [1.807, 2.05) is 38.7 Å². The highest BCUT2D eigenvalue weighted by molar-refractivity contribution is 5.86. The standard InChI is InChI=1S/C18H24FNO2/c1-5-6-7-16(17(21)22)20-15-9-8-13(19)10-14(15)12(2)11-18(20,3)4/h8-11,16H,5-7H2,1-4H3,(H,21,22)/t16-/m0/s1. The summed E-state index contributed by atoms with van der Waals surface area (Å²) in [5, 5.41) is 9.69. The lowest BCUT2D eigenvalue weighted by atomic mass is 9.86. The summed E-state index contributed by atoms with van der Waals surface area (Å²) in [6, 6.07) is 3.98. The molecule has 0 amide bonds. The number of benzene rings is 1. The van der Waals surface area contributed by atoms with Crippen LogP contribution in [0.3, 0.4) is 0 Å². The molecular weight excluding hydrogens is 281 g/mol. The molecule has 0 fully saturated rings. The highest BCUT2D eigenvalue weighted by Gasteiger charge is 2.39. The van der Waals surface area contributed by atoms with Gasteiger partial charge in [0.1, 0.15) is 11.9 Å². The molecule has 0 unspecified atom stereocenters. The van der Waals surface area contributed by atoms with E-state index >= 15 is 0 Å². The summed E-state index contributed by atoms with van der Waals surface area (Å²) in [6.45, 7) is 8.00. The Balaban J connectivity index is 2.55. The van der Waals surface area contributed by atoms with Gasteiger partial charge in [-0.25, -0.2) is 9.18 Å². The van der Waals surface area contributed by atoms with Gasteiger partial charge in [0.25, 0.3) is 0 Å². The Bertz CT molecular complexity index is 607. The van der Waals surface area contributed by atoms with Gasteiger partial charge in [-0.05, 0) is 51.0 Å². The first-order chi connectivity index (χ1) is 10.3. The Morgan fingerprint density at radius 3 is 2.68 bits per heavy atom. The van der Waals surface area contributed by atoms with Crippen molar-refractivity contribution in [3.05, 3.63) is 35.7 Å². The zero-order chi connectivity index (χ0) is 16.5. The molecule has 1 aliphatic rings. The number of carbonyl (C=O) groups is 1. The van der Waals surface area contributed by atoms with Gasteiger partial charge in [-0.15, -0.1) is 0 Å². The minimum absolute atomic E-state index is 0.299. The Morgan fingerprint density at radius 1 is 1.41 bits per heavy atom. The van der Waals surface area contributed by atoms with Crippen LogP contribution < -0.4 is 4.90 Å². The maximum atomic E-state index is 13.6. The number of allylic oxidation sites excluding steroid dienone is 1. The summed E-state index contributed by atoms with van der Waals surface area (Å²) in [6.07, 6.45) is 4.40. The molecule has 0 radical (unpaired) electrons. The molecule has 4 heteroatoms. The second-order valence-electron chi connectivity index (χ2n) is 6.51. The van der Waals surface area contributed by atoms with Crippen molar-refractivity contribution in [1.29, 1.82) is 0 Å². The van der Waals surface area contributed by atoms with Crippen molar-refractivity contribution in [1.82, 2.24) is 0 Å². The zero-order valence-electron chi connectivity index (χ0n) is 13.7. The van der Waals surface area contributed by atoms with Crippen LogP contribution in [0.2, 0.25) is 0 Å². The largest absolute Gasteiger partial charge is 0.480 e. The summed E-state index contributed by atoms with van der Waals surface area (Å²) >= 11 is 0. The zero-order valence-corrected chi connectivity index (χ0v) is 13.7. The van der Waals surface area contributed by atoms with Gasteiger partial charge in [-0.2, -0.15) is 0 Å². The average molecular weight is 305 g/mol. The number of nitrogens with zero attached hydrogens (tertiary/aromatic N) is 1. The summed E-state index contributed by atoms with van der Waals surface area (Å²) in [5.41, 5.74) is 2.14. The van der Waals surface area contributed by atoms with Crippen LogP contribution in [0.15, 0.2) is 24.3 Å². The maximum Gasteiger partial charge on any atom is 0.326 e. The molecule has 2 rings (SSSR count). The van der Waals surface area contributed by atoms with Crippen LogP contribution in [0.25, 0.3) is 5.57 Å². The third-order valence-corrected chi connectivity index (χ3v) is 4.26. The van der Waals surface area contributed by atoms with E-state index in [1.165, 1.54) is 12.1 Å². The van der Waals surface area contributed by atoms with E-state index in [0.717, 1.165) is 29.7 Å². The number of aliphatic carboxylic acids is 1. The van der Waals surface area contributed by atoms with Gasteiger partial charge in [0.05, 0.1) is 5.54 Å². The maximum absolute atomic E-state index is 13.6. The minimum atomic E-state index is -0.829. The van der Waals surface area contributed by atoms with E-state index in [2.05, 4.69) is 0 Å². The third-order valence-electron chi connectivity index (χ3n) is 4.26. The molecule has 0 saturated carbocycles. The normalized spacial score (nSPS) is 17.7. The molecule has 1 atom stereocenters. The Kier molecular flexibility index (Phi) is 4.59. The number of fused-ring (bicyclic) bond motifs is 1. The number of carboxylic acids is 1. The van der Waals surface area contributed by atoms with E-state index in [4.69, 9.17) is 0 Å². The van der Waals surface area contributed by atoms with Crippen LogP contribution in [0.1, 0.15) is 52.5 Å². The first kappa shape index (κ1) is 16.5. The van der Waals surface area contributed by atoms with Crippen molar-refractivity contribution >= 4 is 17.2 Å². The molecule has 0 aromatic heterocycles. The quantitative estimate of drug-likeness (QED) is 0.872. The van der Waals surface area contributed by atoms with E-state index in [-0.39, 0.29) is 5.82 Å². The van der Waals surface area contributed by atoms with E-state index in [1.54, 1.807) is 6.07 Å². The van der Waals surface area contributed by atoms with Crippen molar-refractivity contribution in [2.45, 2.75) is 58.5 Å². The predicted octanol–water partition coefficient (Wildman–Crippen LogP) is 4.47. The predicted molar refractivity (Wildman–Crippen MR) is 87.6 cm³/mol. The van der Waals surface area contributed by atoms with Crippen LogP contribution in [0.4, 0.5) is 10.1 Å². The molecule has 0 saturated heterocycles. The smallest absolute Gasteiger partial charge is 0.326 e. The molecule has 1 aliphatic heterocycles. The van der Waals surface area contributed by atoms with Crippen molar-refractivity contribution in [3.8, 4) is 0 Å². The number of halogens is 1. The molecule has 1 N–H and O–H groups in total. The van der Waals surface area contributed by atoms with Gasteiger partial charge in [-0.3, -0.25) is 0 Å². The Morgan fingerprint density at radius 2 is 2.09 bits per heavy atom. The molecular formula is C18H24FNO2. The number of carboxylic acid groups (broad SMARTS) is 1. The fraction of sp³-hybridized carbons (Fsp3) is 0.500. The first-order valence-corrected chi connectivity index (χ1v) is 7.79. The van der Waals surface area contributed by atoms with E-state index in [9.17, 15) is 14.3 Å². The first-order valence-electron chi connectivity index (χ1n) is 7.79. The second-order valence-corrected chi connectivity index (χ2v) is 6.51. The van der Waals surface area contributed by atoms with Gasteiger partial charge >= 0.3 is 5.97 Å². The van der Waals surface area contributed by atoms with Gasteiger partial charge in [0.15, 0.2) is 0 Å². The monoisotopic (exact) mass is 305 g/mol. The Hall–Kier alpha value is -1.84. The van der Waals surface area contributed by atoms with Gasteiger partial charge in [-0.1, -0.05) is 25.8 Å². The fourth-order valence-corrected chi connectivity index (χ4v) is 3.35. The van der Waals surface area contributed by atoms with Gasteiger partial charge < -0.3 is 10.0 Å². The third kappa shape index (κ3) is 3.01. The van der Waals surface area contributed by atoms with Crippen LogP contribution in [0.5, 0.6) is 0 Å². The number of hydrogen-bond acceptors (Lipinski definition) is 2. The fourth-order valence-electron chi connectivity index (χ4n) is 3.35. The van der Waals surface area contributed by atoms with Gasteiger partial charge in [0.2, 0.25) is 0 Å². The summed E-state index contributed by atoms with van der Waals surface area (Å²) in [7, 11) is 0. The van der Waals surface area contributed by atoms with Crippen LogP contribution >= 0.6 is 0 Å². The number of rotatable bonds is 5. The van der Waals surface area contributed by atoms with Crippen molar-refractivity contribution in [2.24, 2.45) is 0 Å². The molecule has 1 heterocycles. The molecule has 1 aromatic carbocycles. The highest BCUT2D eigenvalue weighted by Crippen LogP contribution is 2.41. The molecule has 1 aromatic rings. The summed E-state index contributed by atoms with van der Waals surface area (Å²) < 4.78 is 13.6. The Labute approximate surface area is 131 Å². The SMILES string of the molecule is CCCC[C@@H](C(=O)O)N1c2ccc(F)cc2C(C)=CC1(C)C. The number of anilines is 1. The molecule has 0 bridgehead atoms. The van der Waals surface area contributed by atoms with E-state index in [0.29, 0.717) is 6.42 Å². The highest BCUT2D eigenvalue weighted by atomic mass is 19.1. The van der Waals surface area contributed by atoms with Crippen LogP contribution in [0, 0.1) is 5.82 Å². The summed E-state index contributed by atoms with van der Waals surface area (Å²) in [4.78, 5) is 13.7. The number of unbranched alkanes of at least 4 members (excludes halogenated alkanes) is 1. The van der Waals surface area contributed by atoms with Crippen molar-refractivity contribution < 1.29 is 14.3 Å². The van der Waals surface area contributed by atoms with Gasteiger partial charge in [0, 0.05) is 11.3 Å². The average Bonchev–Trinajstić information content (AvgIpc) is 2.41. The minimum Gasteiger partial charge on any atom is -0.480 e. The lowest BCUT2D eigenvalue weighted by Crippen LogP contribution is -2.54. The summed E-state index contributed by atoms with van der Waals surface area (Å²) in [5.74, 6) is -1.13. The molecule has 0 aliphatic carbocycles. The molecule has 3 nitrogen and oxygen atoms in total. The lowest BCUT2D eigenvalue weighted by Gasteiger charge is -2.46.